The molecule has 0 radical (unpaired) electrons. The summed E-state index contributed by atoms with van der Waals surface area (Å²) >= 11 is 1.59. The number of aromatic nitrogens is 2. The Balaban J connectivity index is 2.81. The fourth-order valence-electron chi connectivity index (χ4n) is 1.39. The molecule has 2 N–H and O–H groups in total. The molecule has 1 aromatic heterocycles. The van der Waals surface area contributed by atoms with Gasteiger partial charge in [0.05, 0.1) is 5.52 Å². The number of anilines is 1. The number of nitrogen functional groups attached to an aromatic ring is 1. The highest BCUT2D eigenvalue weighted by atomic mass is 32.2. The number of nitrogens with zero attached hydrogens (tertiary/aromatic N) is 2. The maximum absolute atomic E-state index is 5.60. The minimum absolute atomic E-state index is 0.339. The molecule has 3 nitrogen and oxygen atoms in total. The van der Waals surface area contributed by atoms with Crippen molar-refractivity contribution in [2.45, 2.75) is 11.9 Å². The Kier molecular flexibility index (Phi) is 2.29. The monoisotopic (exact) mass is 205 g/mol. The van der Waals surface area contributed by atoms with Gasteiger partial charge in [-0.2, -0.15) is 0 Å². The summed E-state index contributed by atoms with van der Waals surface area (Å²) in [6.07, 6.45) is 1.99. The molecule has 0 aliphatic carbocycles. The predicted molar refractivity (Wildman–Crippen MR) is 60.5 cm³/mol. The van der Waals surface area contributed by atoms with Crippen molar-refractivity contribution in [1.29, 1.82) is 0 Å². The number of rotatable bonds is 1. The fraction of sp³-hybridized carbons (Fsp3) is 0.200. The first-order chi connectivity index (χ1) is 6.70. The summed E-state index contributed by atoms with van der Waals surface area (Å²) in [7, 11) is 0. The molecule has 0 aliphatic rings. The van der Waals surface area contributed by atoms with Gasteiger partial charge in [-0.3, -0.25) is 0 Å². The van der Waals surface area contributed by atoms with E-state index in [-0.39, 0.29) is 0 Å². The first-order valence-corrected chi connectivity index (χ1v) is 5.51. The Hall–Kier alpha value is -1.29. The topological polar surface area (TPSA) is 51.8 Å². The van der Waals surface area contributed by atoms with E-state index in [0.29, 0.717) is 5.95 Å². The number of thioether (sulfide) groups is 1. The molecule has 0 spiro atoms. The van der Waals surface area contributed by atoms with Gasteiger partial charge in [-0.1, -0.05) is 11.6 Å². The first kappa shape index (κ1) is 9.27. The molecule has 4 heteroatoms. The molecular weight excluding hydrogens is 194 g/mol. The standard InChI is InChI=1S/C10H11N3S/c1-6-3-4-8-7(5-6)9(14-2)13-10(11)12-8/h3-5H,1-2H3,(H2,11,12,13). The molecule has 0 bridgehead atoms. The molecule has 1 heterocycles. The fourth-order valence-corrected chi connectivity index (χ4v) is 1.96. The number of fused-ring (bicyclic) bond motifs is 1. The third-order valence-corrected chi connectivity index (χ3v) is 2.72. The van der Waals surface area contributed by atoms with Gasteiger partial charge >= 0.3 is 0 Å². The van der Waals surface area contributed by atoms with Gasteiger partial charge in [0.1, 0.15) is 5.03 Å². The third-order valence-electron chi connectivity index (χ3n) is 2.03. The van der Waals surface area contributed by atoms with E-state index in [2.05, 4.69) is 23.0 Å². The van der Waals surface area contributed by atoms with Crippen LogP contribution in [0.2, 0.25) is 0 Å². The van der Waals surface area contributed by atoms with Crippen molar-refractivity contribution in [3.63, 3.8) is 0 Å². The summed E-state index contributed by atoms with van der Waals surface area (Å²) < 4.78 is 0. The largest absolute Gasteiger partial charge is 0.368 e. The van der Waals surface area contributed by atoms with Crippen LogP contribution in [0.4, 0.5) is 5.95 Å². The second kappa shape index (κ2) is 3.46. The second-order valence-corrected chi connectivity index (χ2v) is 3.91. The van der Waals surface area contributed by atoms with Crippen molar-refractivity contribution in [3.8, 4) is 0 Å². The number of hydrogen-bond donors (Lipinski definition) is 1. The lowest BCUT2D eigenvalue weighted by Gasteiger charge is -2.04. The normalized spacial score (nSPS) is 10.7. The van der Waals surface area contributed by atoms with Crippen molar-refractivity contribution in [3.05, 3.63) is 23.8 Å². The second-order valence-electron chi connectivity index (χ2n) is 3.11. The minimum Gasteiger partial charge on any atom is -0.368 e. The van der Waals surface area contributed by atoms with Crippen LogP contribution in [0.1, 0.15) is 5.56 Å². The van der Waals surface area contributed by atoms with Gasteiger partial charge in [0.25, 0.3) is 0 Å². The van der Waals surface area contributed by atoms with E-state index in [1.165, 1.54) is 5.56 Å². The minimum atomic E-state index is 0.339. The molecule has 2 aromatic rings. The molecule has 0 saturated heterocycles. The van der Waals surface area contributed by atoms with E-state index in [1.54, 1.807) is 11.8 Å². The van der Waals surface area contributed by atoms with Crippen LogP contribution in [0.15, 0.2) is 23.2 Å². The molecule has 1 aromatic carbocycles. The molecule has 0 aliphatic heterocycles. The van der Waals surface area contributed by atoms with Crippen LogP contribution in [-0.2, 0) is 0 Å². The summed E-state index contributed by atoms with van der Waals surface area (Å²) in [4.78, 5) is 8.37. The quantitative estimate of drug-likeness (QED) is 0.573. The van der Waals surface area contributed by atoms with Crippen LogP contribution in [0.3, 0.4) is 0 Å². The van der Waals surface area contributed by atoms with E-state index < -0.39 is 0 Å². The molecular formula is C10H11N3S. The van der Waals surface area contributed by atoms with Crippen LogP contribution in [0, 0.1) is 6.92 Å². The molecule has 72 valence electrons. The Morgan fingerprint density at radius 2 is 2.07 bits per heavy atom. The zero-order valence-corrected chi connectivity index (χ0v) is 8.93. The van der Waals surface area contributed by atoms with Crippen LogP contribution < -0.4 is 5.73 Å². The van der Waals surface area contributed by atoms with E-state index in [4.69, 9.17) is 5.73 Å². The van der Waals surface area contributed by atoms with E-state index >= 15 is 0 Å². The number of nitrogens with two attached hydrogens (primary N) is 1. The number of hydrogen-bond acceptors (Lipinski definition) is 4. The van der Waals surface area contributed by atoms with Gasteiger partial charge in [-0.25, -0.2) is 9.97 Å². The van der Waals surface area contributed by atoms with Crippen molar-refractivity contribution in [2.24, 2.45) is 0 Å². The smallest absolute Gasteiger partial charge is 0.221 e. The molecule has 0 unspecified atom stereocenters. The summed E-state index contributed by atoms with van der Waals surface area (Å²) in [6, 6.07) is 6.09. The van der Waals surface area contributed by atoms with E-state index in [0.717, 1.165) is 15.9 Å². The van der Waals surface area contributed by atoms with E-state index in [9.17, 15) is 0 Å². The lowest BCUT2D eigenvalue weighted by molar-refractivity contribution is 1.12. The van der Waals surface area contributed by atoms with Crippen LogP contribution in [-0.4, -0.2) is 16.2 Å². The molecule has 0 atom stereocenters. The number of aryl methyl sites for hydroxylation is 1. The Bertz CT molecular complexity index is 482. The zero-order chi connectivity index (χ0) is 10.1. The van der Waals surface area contributed by atoms with Crippen molar-refractivity contribution in [1.82, 2.24) is 9.97 Å². The molecule has 0 fully saturated rings. The predicted octanol–water partition coefficient (Wildman–Crippen LogP) is 2.24. The summed E-state index contributed by atoms with van der Waals surface area (Å²) in [5, 5.41) is 2.02. The van der Waals surface area contributed by atoms with Gasteiger partial charge in [0.15, 0.2) is 0 Å². The summed E-state index contributed by atoms with van der Waals surface area (Å²) in [6.45, 7) is 2.06. The lowest BCUT2D eigenvalue weighted by Crippen LogP contribution is -1.97. The summed E-state index contributed by atoms with van der Waals surface area (Å²) in [5.41, 5.74) is 7.72. The van der Waals surface area contributed by atoms with Crippen LogP contribution in [0.5, 0.6) is 0 Å². The highest BCUT2D eigenvalue weighted by Crippen LogP contribution is 2.24. The van der Waals surface area contributed by atoms with Gasteiger partial charge in [-0.05, 0) is 25.3 Å². The first-order valence-electron chi connectivity index (χ1n) is 4.28. The highest BCUT2D eigenvalue weighted by Gasteiger charge is 2.04. The molecule has 2 rings (SSSR count). The maximum atomic E-state index is 5.60. The zero-order valence-electron chi connectivity index (χ0n) is 8.11. The SMILES string of the molecule is CSc1nc(N)nc2ccc(C)cc12. The van der Waals surface area contributed by atoms with Gasteiger partial charge in [0, 0.05) is 5.39 Å². The molecule has 0 amide bonds. The van der Waals surface area contributed by atoms with E-state index in [1.807, 2.05) is 18.4 Å². The van der Waals surface area contributed by atoms with Gasteiger partial charge in [-0.15, -0.1) is 11.8 Å². The Morgan fingerprint density at radius 3 is 2.79 bits per heavy atom. The maximum Gasteiger partial charge on any atom is 0.221 e. The molecule has 0 saturated carbocycles. The van der Waals surface area contributed by atoms with Crippen LogP contribution in [0.25, 0.3) is 10.9 Å². The average Bonchev–Trinajstić information content (AvgIpc) is 2.17. The van der Waals surface area contributed by atoms with Crippen molar-refractivity contribution in [2.75, 3.05) is 12.0 Å². The molecule has 14 heavy (non-hydrogen) atoms. The van der Waals surface area contributed by atoms with Crippen molar-refractivity contribution < 1.29 is 0 Å². The van der Waals surface area contributed by atoms with Crippen LogP contribution >= 0.6 is 11.8 Å². The number of benzene rings is 1. The highest BCUT2D eigenvalue weighted by molar-refractivity contribution is 7.98. The van der Waals surface area contributed by atoms with Crippen molar-refractivity contribution >= 4 is 28.6 Å². The Morgan fingerprint density at radius 1 is 1.29 bits per heavy atom. The lowest BCUT2D eigenvalue weighted by atomic mass is 10.2. The van der Waals surface area contributed by atoms with Gasteiger partial charge in [0.2, 0.25) is 5.95 Å². The Labute approximate surface area is 86.7 Å². The summed E-state index contributed by atoms with van der Waals surface area (Å²) in [5.74, 6) is 0.339. The third kappa shape index (κ3) is 1.53. The van der Waals surface area contributed by atoms with Gasteiger partial charge < -0.3 is 5.73 Å². The average molecular weight is 205 g/mol.